The summed E-state index contributed by atoms with van der Waals surface area (Å²) in [5.74, 6) is -0.884. The van der Waals surface area contributed by atoms with Crippen molar-refractivity contribution in [3.63, 3.8) is 0 Å². The van der Waals surface area contributed by atoms with Crippen LogP contribution in [0.5, 0.6) is 0 Å². The van der Waals surface area contributed by atoms with Crippen molar-refractivity contribution in [3.05, 3.63) is 29.8 Å². The third-order valence-corrected chi connectivity index (χ3v) is 1.99. The maximum atomic E-state index is 10.6. The molecule has 0 heterocycles. The number of hydrogen-bond acceptors (Lipinski definition) is 2. The molecule has 84 valence electrons. The zero-order valence-electron chi connectivity index (χ0n) is 8.69. The van der Waals surface area contributed by atoms with Gasteiger partial charge in [-0.05, 0) is 30.7 Å². The maximum Gasteiger partial charge on any atom is 0.335 e. The highest BCUT2D eigenvalue weighted by atomic mass is 35.5. The predicted octanol–water partition coefficient (Wildman–Crippen LogP) is 3.02. The molecule has 0 unspecified atom stereocenters. The molecular weight excluding hydrogens is 214 g/mol. The van der Waals surface area contributed by atoms with Gasteiger partial charge in [0.05, 0.1) is 5.56 Å². The van der Waals surface area contributed by atoms with Gasteiger partial charge in [0.2, 0.25) is 0 Å². The fourth-order valence-corrected chi connectivity index (χ4v) is 1.14. The van der Waals surface area contributed by atoms with Gasteiger partial charge in [0.1, 0.15) is 0 Å². The number of carboxylic acid groups (broad SMARTS) is 1. The van der Waals surface area contributed by atoms with Crippen LogP contribution in [0.15, 0.2) is 24.3 Å². The van der Waals surface area contributed by atoms with Crippen molar-refractivity contribution in [2.45, 2.75) is 19.8 Å². The summed E-state index contributed by atoms with van der Waals surface area (Å²) in [4.78, 5) is 10.6. The van der Waals surface area contributed by atoms with Gasteiger partial charge in [-0.1, -0.05) is 13.3 Å². The second-order valence-electron chi connectivity index (χ2n) is 3.16. The molecule has 0 bridgehead atoms. The molecule has 1 aromatic carbocycles. The lowest BCUT2D eigenvalue weighted by molar-refractivity contribution is 0.0697. The van der Waals surface area contributed by atoms with Gasteiger partial charge >= 0.3 is 5.97 Å². The number of carbonyl (C=O) groups is 1. The van der Waals surface area contributed by atoms with E-state index in [4.69, 9.17) is 5.11 Å². The Morgan fingerprint density at radius 1 is 1.33 bits per heavy atom. The summed E-state index contributed by atoms with van der Waals surface area (Å²) >= 11 is 0. The van der Waals surface area contributed by atoms with Crippen molar-refractivity contribution in [3.8, 4) is 0 Å². The minimum Gasteiger partial charge on any atom is -0.478 e. The molecule has 0 fully saturated rings. The highest BCUT2D eigenvalue weighted by Crippen LogP contribution is 2.09. The average Bonchev–Trinajstić information content (AvgIpc) is 2.19. The van der Waals surface area contributed by atoms with E-state index in [1.54, 1.807) is 24.3 Å². The number of anilines is 1. The first-order valence-corrected chi connectivity index (χ1v) is 4.81. The fourth-order valence-electron chi connectivity index (χ4n) is 1.14. The first-order valence-electron chi connectivity index (χ1n) is 4.81. The van der Waals surface area contributed by atoms with Crippen molar-refractivity contribution < 1.29 is 9.90 Å². The fraction of sp³-hybridized carbons (Fsp3) is 0.364. The van der Waals surface area contributed by atoms with Gasteiger partial charge in [-0.25, -0.2) is 4.79 Å². The Morgan fingerprint density at radius 2 is 1.93 bits per heavy atom. The summed E-state index contributed by atoms with van der Waals surface area (Å²) in [6.07, 6.45) is 2.28. The van der Waals surface area contributed by atoms with Crippen LogP contribution in [-0.2, 0) is 0 Å². The number of nitrogens with one attached hydrogen (secondary N) is 1. The van der Waals surface area contributed by atoms with Crippen molar-refractivity contribution in [2.24, 2.45) is 0 Å². The van der Waals surface area contributed by atoms with E-state index < -0.39 is 5.97 Å². The number of carboxylic acids is 1. The zero-order valence-corrected chi connectivity index (χ0v) is 9.51. The van der Waals surface area contributed by atoms with Crippen LogP contribution in [0, 0.1) is 0 Å². The summed E-state index contributed by atoms with van der Waals surface area (Å²) in [5, 5.41) is 11.9. The molecule has 1 rings (SSSR count). The van der Waals surface area contributed by atoms with Crippen molar-refractivity contribution in [1.82, 2.24) is 0 Å². The van der Waals surface area contributed by atoms with E-state index in [-0.39, 0.29) is 12.4 Å². The van der Waals surface area contributed by atoms with E-state index >= 15 is 0 Å². The summed E-state index contributed by atoms with van der Waals surface area (Å²) < 4.78 is 0. The van der Waals surface area contributed by atoms with E-state index in [9.17, 15) is 4.79 Å². The van der Waals surface area contributed by atoms with Crippen LogP contribution in [0.4, 0.5) is 5.69 Å². The summed E-state index contributed by atoms with van der Waals surface area (Å²) in [6, 6.07) is 6.80. The van der Waals surface area contributed by atoms with Gasteiger partial charge in [-0.3, -0.25) is 0 Å². The molecule has 0 saturated carbocycles. The molecule has 2 N–H and O–H groups in total. The summed E-state index contributed by atoms with van der Waals surface area (Å²) in [6.45, 7) is 3.07. The van der Waals surface area contributed by atoms with Gasteiger partial charge in [0.25, 0.3) is 0 Å². The van der Waals surface area contributed by atoms with Crippen molar-refractivity contribution >= 4 is 24.1 Å². The van der Waals surface area contributed by atoms with Crippen LogP contribution in [0.2, 0.25) is 0 Å². The van der Waals surface area contributed by atoms with E-state index in [1.165, 1.54) is 0 Å². The first kappa shape index (κ1) is 13.8. The average molecular weight is 230 g/mol. The Labute approximate surface area is 95.9 Å². The number of halogens is 1. The molecule has 15 heavy (non-hydrogen) atoms. The molecule has 0 spiro atoms. The van der Waals surface area contributed by atoms with Gasteiger partial charge < -0.3 is 10.4 Å². The number of hydrogen-bond donors (Lipinski definition) is 2. The molecule has 0 atom stereocenters. The molecule has 0 aliphatic carbocycles. The lowest BCUT2D eigenvalue weighted by Gasteiger charge is -2.04. The van der Waals surface area contributed by atoms with E-state index in [0.29, 0.717) is 5.56 Å². The first-order chi connectivity index (χ1) is 6.74. The van der Waals surface area contributed by atoms with E-state index in [2.05, 4.69) is 12.2 Å². The number of unbranched alkanes of at least 4 members (excludes halogenated alkanes) is 1. The molecular formula is C11H16ClNO2. The van der Waals surface area contributed by atoms with E-state index in [0.717, 1.165) is 25.1 Å². The lowest BCUT2D eigenvalue weighted by atomic mass is 10.2. The second-order valence-corrected chi connectivity index (χ2v) is 3.16. The molecule has 0 aliphatic rings. The highest BCUT2D eigenvalue weighted by molar-refractivity contribution is 5.88. The third kappa shape index (κ3) is 4.70. The Bertz CT molecular complexity index is 298. The Morgan fingerprint density at radius 3 is 2.40 bits per heavy atom. The van der Waals surface area contributed by atoms with Gasteiger partial charge in [0, 0.05) is 12.2 Å². The van der Waals surface area contributed by atoms with Crippen LogP contribution < -0.4 is 5.32 Å². The van der Waals surface area contributed by atoms with E-state index in [1.807, 2.05) is 0 Å². The molecule has 1 aromatic rings. The highest BCUT2D eigenvalue weighted by Gasteiger charge is 2.00. The predicted molar refractivity (Wildman–Crippen MR) is 64.0 cm³/mol. The van der Waals surface area contributed by atoms with Crippen LogP contribution in [0.25, 0.3) is 0 Å². The van der Waals surface area contributed by atoms with Gasteiger partial charge in [0.15, 0.2) is 0 Å². The molecule has 3 nitrogen and oxygen atoms in total. The normalized spacial score (nSPS) is 9.13. The standard InChI is InChI=1S/C11H15NO2.ClH/c1-2-3-8-12-10-6-4-9(5-7-10)11(13)14;/h4-7,12H,2-3,8H2,1H3,(H,13,14);1H. The SMILES string of the molecule is CCCCNc1ccc(C(=O)O)cc1.Cl. The molecule has 0 amide bonds. The van der Waals surface area contributed by atoms with Gasteiger partial charge in [-0.15, -0.1) is 12.4 Å². The van der Waals surface area contributed by atoms with Crippen LogP contribution >= 0.6 is 12.4 Å². The molecule has 0 aliphatic heterocycles. The largest absolute Gasteiger partial charge is 0.478 e. The molecule has 0 saturated heterocycles. The number of benzene rings is 1. The topological polar surface area (TPSA) is 49.3 Å². The Kier molecular flexibility index (Phi) is 6.54. The number of rotatable bonds is 5. The molecule has 0 radical (unpaired) electrons. The van der Waals surface area contributed by atoms with Crippen molar-refractivity contribution in [2.75, 3.05) is 11.9 Å². The van der Waals surface area contributed by atoms with Gasteiger partial charge in [-0.2, -0.15) is 0 Å². The number of aromatic carboxylic acids is 1. The zero-order chi connectivity index (χ0) is 10.4. The van der Waals surface area contributed by atoms with Crippen LogP contribution in [0.3, 0.4) is 0 Å². The quantitative estimate of drug-likeness (QED) is 0.764. The van der Waals surface area contributed by atoms with Crippen LogP contribution in [-0.4, -0.2) is 17.6 Å². The summed E-state index contributed by atoms with van der Waals surface area (Å²) in [5.41, 5.74) is 1.30. The summed E-state index contributed by atoms with van der Waals surface area (Å²) in [7, 11) is 0. The molecule has 4 heteroatoms. The Balaban J connectivity index is 0.00000196. The maximum absolute atomic E-state index is 10.6. The Hall–Kier alpha value is -1.22. The smallest absolute Gasteiger partial charge is 0.335 e. The van der Waals surface area contributed by atoms with Crippen LogP contribution in [0.1, 0.15) is 30.1 Å². The monoisotopic (exact) mass is 229 g/mol. The van der Waals surface area contributed by atoms with Crippen molar-refractivity contribution in [1.29, 1.82) is 0 Å². The minimum atomic E-state index is -0.884. The molecule has 0 aromatic heterocycles. The second kappa shape index (κ2) is 7.12. The third-order valence-electron chi connectivity index (χ3n) is 1.99. The lowest BCUT2D eigenvalue weighted by Crippen LogP contribution is -2.01. The minimum absolute atomic E-state index is 0.